The van der Waals surface area contributed by atoms with Crippen LogP contribution >= 0.6 is 0 Å². The number of alkyl halides is 3. The Morgan fingerprint density at radius 2 is 2.00 bits per heavy atom. The van der Waals surface area contributed by atoms with Crippen LogP contribution in [-0.4, -0.2) is 81.5 Å². The second-order valence-corrected chi connectivity index (χ2v) is 7.45. The van der Waals surface area contributed by atoms with Gasteiger partial charge in [0.25, 0.3) is 0 Å². The van der Waals surface area contributed by atoms with Gasteiger partial charge in [0.05, 0.1) is 18.7 Å². The van der Waals surface area contributed by atoms with E-state index < -0.39 is 41.7 Å². The van der Waals surface area contributed by atoms with Crippen LogP contribution in [0.1, 0.15) is 24.0 Å². The highest BCUT2D eigenvalue weighted by Crippen LogP contribution is 2.31. The molecule has 0 aromatic heterocycles. The molecule has 31 heavy (non-hydrogen) atoms. The van der Waals surface area contributed by atoms with E-state index in [0.717, 1.165) is 12.1 Å². The van der Waals surface area contributed by atoms with E-state index in [0.29, 0.717) is 6.41 Å². The quantitative estimate of drug-likeness (QED) is 0.653. The molecular formula is C19H21F3N4O5. The molecule has 2 fully saturated rings. The molecule has 0 radical (unpaired) electrons. The van der Waals surface area contributed by atoms with Crippen molar-refractivity contribution in [3.63, 3.8) is 0 Å². The monoisotopic (exact) mass is 442 g/mol. The van der Waals surface area contributed by atoms with Gasteiger partial charge >= 0.3 is 12.1 Å². The molecule has 168 valence electrons. The van der Waals surface area contributed by atoms with E-state index in [9.17, 15) is 32.3 Å². The number of hydrazine groups is 1. The summed E-state index contributed by atoms with van der Waals surface area (Å²) in [7, 11) is 1.52. The summed E-state index contributed by atoms with van der Waals surface area (Å²) in [4.78, 5) is 50.9. The van der Waals surface area contributed by atoms with Crippen LogP contribution < -0.4 is 0 Å². The van der Waals surface area contributed by atoms with E-state index in [1.807, 2.05) is 0 Å². The van der Waals surface area contributed by atoms with Crippen LogP contribution in [0.2, 0.25) is 0 Å². The summed E-state index contributed by atoms with van der Waals surface area (Å²) >= 11 is 0. The van der Waals surface area contributed by atoms with E-state index in [2.05, 4.69) is 0 Å². The lowest BCUT2D eigenvalue weighted by Crippen LogP contribution is -2.73. The fourth-order valence-electron chi connectivity index (χ4n) is 3.93. The normalized spacial score (nSPS) is 22.5. The second-order valence-electron chi connectivity index (χ2n) is 7.45. The number of nitrogens with zero attached hydrogens (tertiary/aromatic N) is 4. The number of hydrogen-bond acceptors (Lipinski definition) is 5. The SMILES string of the molecule is CN1CC(=O)N2C(CCC(=O)O)C(=O)N(Cc3cccc(C(F)(F)F)c3)C[C@@H]2N1C=O. The topological polar surface area (TPSA) is 101 Å². The Morgan fingerprint density at radius 1 is 1.29 bits per heavy atom. The number of halogens is 3. The predicted molar refractivity (Wildman–Crippen MR) is 98.7 cm³/mol. The summed E-state index contributed by atoms with van der Waals surface area (Å²) in [6, 6.07) is 3.39. The number of carboxylic acids is 1. The minimum absolute atomic E-state index is 0.118. The third-order valence-electron chi connectivity index (χ3n) is 5.36. The summed E-state index contributed by atoms with van der Waals surface area (Å²) < 4.78 is 39.1. The van der Waals surface area contributed by atoms with Crippen LogP contribution in [0.25, 0.3) is 0 Å². The number of likely N-dealkylation sites (N-methyl/N-ethyl adjacent to an activating group) is 1. The molecule has 2 aliphatic heterocycles. The minimum atomic E-state index is -4.55. The number of rotatable bonds is 6. The standard InChI is InChI=1S/C19H21F3N4O5/c1-23-10-16(28)26-14(5-6-17(29)30)18(31)24(9-15(26)25(23)11-27)8-12-3-2-4-13(7-12)19(20,21)22/h2-4,7,11,14-15H,5-6,8-10H2,1H3,(H,29,30)/t14?,15-/m1/s1. The number of carbonyl (C=O) groups is 4. The fourth-order valence-corrected chi connectivity index (χ4v) is 3.93. The van der Waals surface area contributed by atoms with Gasteiger partial charge in [0.15, 0.2) is 0 Å². The predicted octanol–water partition coefficient (Wildman–Crippen LogP) is 0.754. The summed E-state index contributed by atoms with van der Waals surface area (Å²) in [6.45, 7) is -0.464. The number of carboxylic acid groups (broad SMARTS) is 1. The maximum atomic E-state index is 13.1. The van der Waals surface area contributed by atoms with E-state index >= 15 is 0 Å². The van der Waals surface area contributed by atoms with Gasteiger partial charge in [-0.1, -0.05) is 12.1 Å². The molecule has 2 saturated heterocycles. The van der Waals surface area contributed by atoms with Crippen molar-refractivity contribution in [1.29, 1.82) is 0 Å². The number of hydrogen-bond donors (Lipinski definition) is 1. The largest absolute Gasteiger partial charge is 0.481 e. The molecule has 0 saturated carbocycles. The minimum Gasteiger partial charge on any atom is -0.481 e. The molecule has 2 aliphatic rings. The van der Waals surface area contributed by atoms with E-state index in [1.165, 1.54) is 39.0 Å². The van der Waals surface area contributed by atoms with Crippen molar-refractivity contribution in [1.82, 2.24) is 19.8 Å². The van der Waals surface area contributed by atoms with Gasteiger partial charge in [-0.05, 0) is 24.1 Å². The number of fused-ring (bicyclic) bond motifs is 1. The lowest BCUT2D eigenvalue weighted by Gasteiger charge is -2.53. The fraction of sp³-hybridized carbons (Fsp3) is 0.474. The van der Waals surface area contributed by atoms with Crippen molar-refractivity contribution in [3.8, 4) is 0 Å². The molecule has 1 aromatic carbocycles. The van der Waals surface area contributed by atoms with Gasteiger partial charge in [0.1, 0.15) is 12.2 Å². The zero-order valence-electron chi connectivity index (χ0n) is 16.6. The summed E-state index contributed by atoms with van der Waals surface area (Å²) in [5.41, 5.74) is -0.637. The summed E-state index contributed by atoms with van der Waals surface area (Å²) in [5.74, 6) is -2.17. The van der Waals surface area contributed by atoms with Crippen molar-refractivity contribution in [2.24, 2.45) is 0 Å². The van der Waals surface area contributed by atoms with E-state index in [1.54, 1.807) is 0 Å². The zero-order chi connectivity index (χ0) is 22.9. The molecule has 2 heterocycles. The van der Waals surface area contributed by atoms with Crippen molar-refractivity contribution in [3.05, 3.63) is 35.4 Å². The number of amides is 3. The summed E-state index contributed by atoms with van der Waals surface area (Å²) in [5, 5.41) is 11.6. The number of aliphatic carboxylic acids is 1. The Bertz CT molecular complexity index is 894. The number of benzene rings is 1. The first kappa shape index (κ1) is 22.5. The van der Waals surface area contributed by atoms with Crippen LogP contribution in [0.4, 0.5) is 13.2 Å². The Kier molecular flexibility index (Phi) is 6.20. The Balaban J connectivity index is 1.92. The van der Waals surface area contributed by atoms with Crippen LogP contribution in [0.15, 0.2) is 24.3 Å². The molecule has 3 amide bonds. The number of carbonyl (C=O) groups excluding carboxylic acids is 3. The molecule has 1 unspecified atom stereocenters. The molecule has 2 atom stereocenters. The van der Waals surface area contributed by atoms with Crippen molar-refractivity contribution in [2.45, 2.75) is 37.8 Å². The molecule has 0 spiro atoms. The first-order valence-corrected chi connectivity index (χ1v) is 9.45. The smallest absolute Gasteiger partial charge is 0.416 e. The molecular weight excluding hydrogens is 421 g/mol. The van der Waals surface area contributed by atoms with Gasteiger partial charge in [-0.3, -0.25) is 24.2 Å². The number of piperazine rings is 1. The van der Waals surface area contributed by atoms with Gasteiger partial charge in [0, 0.05) is 20.0 Å². The average Bonchev–Trinajstić information content (AvgIpc) is 2.68. The van der Waals surface area contributed by atoms with Crippen LogP contribution in [0.3, 0.4) is 0 Å². The first-order chi connectivity index (χ1) is 14.5. The Hall–Kier alpha value is -3.15. The Labute approximate surface area is 175 Å². The van der Waals surface area contributed by atoms with Crippen LogP contribution in [-0.2, 0) is 31.9 Å². The van der Waals surface area contributed by atoms with E-state index in [-0.39, 0.29) is 38.0 Å². The average molecular weight is 442 g/mol. The van der Waals surface area contributed by atoms with Crippen molar-refractivity contribution in [2.75, 3.05) is 20.1 Å². The molecule has 1 N–H and O–H groups in total. The highest BCUT2D eigenvalue weighted by molar-refractivity contribution is 5.91. The molecule has 9 nitrogen and oxygen atoms in total. The van der Waals surface area contributed by atoms with Gasteiger partial charge in [-0.2, -0.15) is 13.2 Å². The molecule has 1 aromatic rings. The highest BCUT2D eigenvalue weighted by atomic mass is 19.4. The van der Waals surface area contributed by atoms with Crippen LogP contribution in [0, 0.1) is 0 Å². The lowest BCUT2D eigenvalue weighted by molar-refractivity contribution is -0.197. The molecule has 3 rings (SSSR count). The van der Waals surface area contributed by atoms with Gasteiger partial charge in [0.2, 0.25) is 18.2 Å². The molecule has 0 aliphatic carbocycles. The van der Waals surface area contributed by atoms with Crippen LogP contribution in [0.5, 0.6) is 0 Å². The first-order valence-electron chi connectivity index (χ1n) is 9.45. The third-order valence-corrected chi connectivity index (χ3v) is 5.36. The Morgan fingerprint density at radius 3 is 2.61 bits per heavy atom. The maximum Gasteiger partial charge on any atom is 0.416 e. The third kappa shape index (κ3) is 4.63. The highest BCUT2D eigenvalue weighted by Gasteiger charge is 2.49. The van der Waals surface area contributed by atoms with E-state index in [4.69, 9.17) is 5.11 Å². The van der Waals surface area contributed by atoms with Gasteiger partial charge < -0.3 is 14.9 Å². The van der Waals surface area contributed by atoms with Crippen molar-refractivity contribution < 1.29 is 37.5 Å². The molecule has 0 bridgehead atoms. The maximum absolute atomic E-state index is 13.1. The van der Waals surface area contributed by atoms with Gasteiger partial charge in [-0.15, -0.1) is 0 Å². The summed E-state index contributed by atoms with van der Waals surface area (Å²) in [6.07, 6.45) is -5.50. The lowest BCUT2D eigenvalue weighted by atomic mass is 10.0. The molecule has 12 heteroatoms. The zero-order valence-corrected chi connectivity index (χ0v) is 16.6. The van der Waals surface area contributed by atoms with Crippen molar-refractivity contribution >= 4 is 24.2 Å². The van der Waals surface area contributed by atoms with Gasteiger partial charge in [-0.25, -0.2) is 5.01 Å². The second kappa shape index (κ2) is 8.53.